The number of allylic oxidation sites excluding steroid dienone is 1. The van der Waals surface area contributed by atoms with Crippen LogP contribution in [0.3, 0.4) is 0 Å². The van der Waals surface area contributed by atoms with E-state index in [4.69, 9.17) is 0 Å². The van der Waals surface area contributed by atoms with Crippen molar-refractivity contribution < 1.29 is 0 Å². The maximum atomic E-state index is 3.69. The van der Waals surface area contributed by atoms with Gasteiger partial charge < -0.3 is 5.01 Å². The molecule has 0 aliphatic carbocycles. The average molecular weight is 112 g/mol. The molecule has 0 aromatic heterocycles. The van der Waals surface area contributed by atoms with Crippen LogP contribution in [0.4, 0.5) is 0 Å². The third-order valence-corrected chi connectivity index (χ3v) is 1.00. The number of rotatable bonds is 3. The largest absolute Gasteiger partial charge is 0.312 e. The Morgan fingerprint density at radius 3 is 2.38 bits per heavy atom. The second-order valence-corrected chi connectivity index (χ2v) is 1.48. The highest BCUT2D eigenvalue weighted by Gasteiger charge is 1.88. The lowest BCUT2D eigenvalue weighted by molar-refractivity contribution is 0.345. The minimum atomic E-state index is 0.868. The second-order valence-electron chi connectivity index (χ2n) is 1.48. The van der Waals surface area contributed by atoms with E-state index < -0.39 is 0 Å². The molecule has 46 valence electrons. The molecule has 0 atom stereocenters. The van der Waals surface area contributed by atoms with E-state index in [1.165, 1.54) is 0 Å². The quantitative estimate of drug-likeness (QED) is 0.428. The minimum absolute atomic E-state index is 0.868. The lowest BCUT2D eigenvalue weighted by Crippen LogP contribution is -2.28. The average Bonchev–Trinajstić information content (AvgIpc) is 1.84. The van der Waals surface area contributed by atoms with Crippen LogP contribution in [0.25, 0.3) is 0 Å². The van der Waals surface area contributed by atoms with Gasteiger partial charge in [-0.1, -0.05) is 13.2 Å². The number of likely N-dealkylation sites (N-methyl/N-ethyl adjacent to an activating group) is 1. The summed E-state index contributed by atoms with van der Waals surface area (Å²) in [7, 11) is 3.71. The molecule has 0 aliphatic rings. The molecule has 0 spiro atoms. The summed E-state index contributed by atoms with van der Waals surface area (Å²) in [6.45, 7) is 7.24. The first-order chi connectivity index (χ1) is 3.72. The highest BCUT2D eigenvalue weighted by atomic mass is 15.5. The molecule has 0 aromatic carbocycles. The van der Waals surface area contributed by atoms with E-state index >= 15 is 0 Å². The number of hydrogen-bond donors (Lipinski definition) is 1. The summed E-state index contributed by atoms with van der Waals surface area (Å²) in [5, 5.41) is 1.78. The number of hydrazine groups is 1. The standard InChI is InChI=1S/C6H12N2/c1-5-6(2)8(4)7-3/h5,7H,1-2H2,3-4H3. The van der Waals surface area contributed by atoms with Gasteiger partial charge in [0.05, 0.1) is 0 Å². The Hall–Kier alpha value is -0.760. The molecule has 0 unspecified atom stereocenters. The van der Waals surface area contributed by atoms with E-state index in [9.17, 15) is 0 Å². The first kappa shape index (κ1) is 7.24. The molecule has 0 aliphatic heterocycles. The molecule has 2 nitrogen and oxygen atoms in total. The molecule has 0 saturated carbocycles. The zero-order valence-electron chi connectivity index (χ0n) is 5.44. The molecule has 2 heteroatoms. The fourth-order valence-corrected chi connectivity index (χ4v) is 0.281. The van der Waals surface area contributed by atoms with Crippen molar-refractivity contribution in [3.05, 3.63) is 24.9 Å². The van der Waals surface area contributed by atoms with Crippen molar-refractivity contribution in [3.63, 3.8) is 0 Å². The monoisotopic (exact) mass is 112 g/mol. The van der Waals surface area contributed by atoms with Crippen molar-refractivity contribution in [2.45, 2.75) is 0 Å². The van der Waals surface area contributed by atoms with Gasteiger partial charge in [0.2, 0.25) is 0 Å². The summed E-state index contributed by atoms with van der Waals surface area (Å²) in [5.74, 6) is 0. The fourth-order valence-electron chi connectivity index (χ4n) is 0.281. The van der Waals surface area contributed by atoms with Gasteiger partial charge in [0.15, 0.2) is 0 Å². The van der Waals surface area contributed by atoms with Crippen molar-refractivity contribution in [1.29, 1.82) is 0 Å². The van der Waals surface area contributed by atoms with E-state index in [0.717, 1.165) is 5.70 Å². The molecular weight excluding hydrogens is 100 g/mol. The summed E-state index contributed by atoms with van der Waals surface area (Å²) < 4.78 is 0. The topological polar surface area (TPSA) is 15.3 Å². The molecule has 0 fully saturated rings. The van der Waals surface area contributed by atoms with Gasteiger partial charge in [0.1, 0.15) is 0 Å². The zero-order valence-corrected chi connectivity index (χ0v) is 5.44. The zero-order chi connectivity index (χ0) is 6.57. The Bertz CT molecular complexity index is 96.7. The van der Waals surface area contributed by atoms with Crippen LogP contribution >= 0.6 is 0 Å². The predicted octanol–water partition coefficient (Wildman–Crippen LogP) is 0.752. The third kappa shape index (κ3) is 1.80. The van der Waals surface area contributed by atoms with Crippen LogP contribution in [0.15, 0.2) is 24.9 Å². The first-order valence-electron chi connectivity index (χ1n) is 2.44. The Morgan fingerprint density at radius 1 is 1.75 bits per heavy atom. The van der Waals surface area contributed by atoms with Gasteiger partial charge in [0.25, 0.3) is 0 Å². The molecule has 0 amide bonds. The van der Waals surface area contributed by atoms with Crippen LogP contribution in [0.5, 0.6) is 0 Å². The maximum absolute atomic E-state index is 3.69. The van der Waals surface area contributed by atoms with Gasteiger partial charge >= 0.3 is 0 Å². The van der Waals surface area contributed by atoms with Gasteiger partial charge in [-0.15, -0.1) is 0 Å². The molecule has 0 saturated heterocycles. The van der Waals surface area contributed by atoms with E-state index in [1.54, 1.807) is 11.1 Å². The summed E-state index contributed by atoms with van der Waals surface area (Å²) in [6.07, 6.45) is 1.69. The van der Waals surface area contributed by atoms with Crippen molar-refractivity contribution in [1.82, 2.24) is 10.4 Å². The Morgan fingerprint density at radius 2 is 2.25 bits per heavy atom. The number of nitrogens with zero attached hydrogens (tertiary/aromatic N) is 1. The van der Waals surface area contributed by atoms with Gasteiger partial charge in [-0.05, 0) is 6.08 Å². The van der Waals surface area contributed by atoms with Gasteiger partial charge in [-0.25, -0.2) is 5.43 Å². The van der Waals surface area contributed by atoms with E-state index in [2.05, 4.69) is 18.6 Å². The van der Waals surface area contributed by atoms with Crippen LogP contribution in [0, 0.1) is 0 Å². The van der Waals surface area contributed by atoms with Crippen LogP contribution in [0.2, 0.25) is 0 Å². The van der Waals surface area contributed by atoms with Crippen molar-refractivity contribution >= 4 is 0 Å². The lowest BCUT2D eigenvalue weighted by atomic mass is 10.5. The summed E-state index contributed by atoms with van der Waals surface area (Å²) >= 11 is 0. The van der Waals surface area contributed by atoms with Crippen LogP contribution < -0.4 is 5.43 Å². The number of nitrogens with one attached hydrogen (secondary N) is 1. The van der Waals surface area contributed by atoms with Gasteiger partial charge in [-0.3, -0.25) is 0 Å². The number of hydrogen-bond acceptors (Lipinski definition) is 2. The molecule has 8 heavy (non-hydrogen) atoms. The van der Waals surface area contributed by atoms with Gasteiger partial charge in [0, 0.05) is 19.8 Å². The Labute approximate surface area is 50.5 Å². The predicted molar refractivity (Wildman–Crippen MR) is 36.2 cm³/mol. The van der Waals surface area contributed by atoms with Crippen molar-refractivity contribution in [2.75, 3.05) is 14.1 Å². The van der Waals surface area contributed by atoms with Crippen LogP contribution in [0.1, 0.15) is 0 Å². The summed E-state index contributed by atoms with van der Waals surface area (Å²) in [4.78, 5) is 0. The Kier molecular flexibility index (Phi) is 2.96. The van der Waals surface area contributed by atoms with Crippen LogP contribution in [-0.4, -0.2) is 19.1 Å². The van der Waals surface area contributed by atoms with E-state index in [-0.39, 0.29) is 0 Å². The maximum Gasteiger partial charge on any atom is 0.0438 e. The van der Waals surface area contributed by atoms with Crippen molar-refractivity contribution in [3.8, 4) is 0 Å². The third-order valence-electron chi connectivity index (χ3n) is 1.00. The normalized spacial score (nSPS) is 8.25. The highest BCUT2D eigenvalue weighted by Crippen LogP contribution is 1.91. The lowest BCUT2D eigenvalue weighted by Gasteiger charge is -2.16. The molecule has 0 aromatic rings. The summed E-state index contributed by atoms with van der Waals surface area (Å²) in [6, 6.07) is 0. The van der Waals surface area contributed by atoms with Crippen molar-refractivity contribution in [2.24, 2.45) is 0 Å². The SMILES string of the molecule is C=CC(=C)N(C)NC. The van der Waals surface area contributed by atoms with E-state index in [1.807, 2.05) is 14.1 Å². The molecule has 0 rings (SSSR count). The highest BCUT2D eigenvalue weighted by molar-refractivity contribution is 5.07. The minimum Gasteiger partial charge on any atom is -0.312 e. The summed E-state index contributed by atoms with van der Waals surface area (Å²) in [5.41, 5.74) is 3.75. The second kappa shape index (κ2) is 3.27. The van der Waals surface area contributed by atoms with E-state index in [0.29, 0.717) is 0 Å². The molecular formula is C6H12N2. The fraction of sp³-hybridized carbons (Fsp3) is 0.333. The molecule has 0 radical (unpaired) electrons. The molecule has 0 bridgehead atoms. The van der Waals surface area contributed by atoms with Gasteiger partial charge in [-0.2, -0.15) is 0 Å². The first-order valence-corrected chi connectivity index (χ1v) is 2.44. The Balaban J connectivity index is 3.62. The van der Waals surface area contributed by atoms with Crippen LogP contribution in [-0.2, 0) is 0 Å². The smallest absolute Gasteiger partial charge is 0.0438 e. The molecule has 1 N–H and O–H groups in total. The molecule has 0 heterocycles.